The maximum Gasteiger partial charge on any atom is 0.273 e. The number of amides is 1. The van der Waals surface area contributed by atoms with E-state index in [1.165, 1.54) is 0 Å². The van der Waals surface area contributed by atoms with Crippen molar-refractivity contribution < 1.29 is 9.90 Å². The van der Waals surface area contributed by atoms with E-state index < -0.39 is 6.04 Å². The number of benzene rings is 1. The molecule has 0 aliphatic heterocycles. The molecule has 0 unspecified atom stereocenters. The van der Waals surface area contributed by atoms with Crippen LogP contribution >= 0.6 is 11.5 Å². The third-order valence-corrected chi connectivity index (χ3v) is 2.79. The second-order valence-electron chi connectivity index (χ2n) is 3.41. The molecule has 1 aromatic heterocycles. The first-order chi connectivity index (χ1) is 8.31. The largest absolute Gasteiger partial charge is 0.394 e. The van der Waals surface area contributed by atoms with Crippen LogP contribution in [0.5, 0.6) is 0 Å². The molecule has 0 bridgehead atoms. The van der Waals surface area contributed by atoms with Gasteiger partial charge in [0, 0.05) is 5.38 Å². The van der Waals surface area contributed by atoms with Crippen molar-refractivity contribution in [3.63, 3.8) is 0 Å². The van der Waals surface area contributed by atoms with Gasteiger partial charge in [0.2, 0.25) is 0 Å². The summed E-state index contributed by atoms with van der Waals surface area (Å²) in [5.74, 6) is -0.332. The van der Waals surface area contributed by atoms with Gasteiger partial charge in [0.15, 0.2) is 5.69 Å². The standard InChI is InChI=1S/C11H11N3O2S/c15-6-9(8-4-2-1-3-5-8)12-11(16)10-7-17-14-13-10/h1-5,7,9,15H,6H2,(H,12,16)/t9-/m0/s1. The van der Waals surface area contributed by atoms with E-state index in [0.29, 0.717) is 0 Å². The Morgan fingerprint density at radius 3 is 2.76 bits per heavy atom. The normalized spacial score (nSPS) is 12.1. The number of nitrogens with zero attached hydrogens (tertiary/aromatic N) is 2. The number of aliphatic hydroxyl groups excluding tert-OH is 1. The summed E-state index contributed by atoms with van der Waals surface area (Å²) in [6.45, 7) is -0.159. The fourth-order valence-corrected chi connectivity index (χ4v) is 1.85. The van der Waals surface area contributed by atoms with Crippen LogP contribution in [0.2, 0.25) is 0 Å². The lowest BCUT2D eigenvalue weighted by atomic mass is 10.1. The van der Waals surface area contributed by atoms with E-state index in [4.69, 9.17) is 0 Å². The molecule has 0 radical (unpaired) electrons. The average Bonchev–Trinajstić information content (AvgIpc) is 2.90. The third kappa shape index (κ3) is 2.86. The number of hydrogen-bond donors (Lipinski definition) is 2. The second-order valence-corrected chi connectivity index (χ2v) is 4.02. The first-order valence-corrected chi connectivity index (χ1v) is 5.88. The lowest BCUT2D eigenvalue weighted by Crippen LogP contribution is -2.31. The molecule has 0 fully saturated rings. The van der Waals surface area contributed by atoms with Crippen LogP contribution in [0.25, 0.3) is 0 Å². The van der Waals surface area contributed by atoms with Gasteiger partial charge in [0.05, 0.1) is 12.6 Å². The Labute approximate surface area is 102 Å². The van der Waals surface area contributed by atoms with Crippen LogP contribution in [0.15, 0.2) is 35.7 Å². The SMILES string of the molecule is O=C(N[C@@H](CO)c1ccccc1)c1csnn1. The van der Waals surface area contributed by atoms with Crippen LogP contribution in [0.3, 0.4) is 0 Å². The molecule has 0 saturated heterocycles. The number of aliphatic hydroxyl groups is 1. The molecule has 2 aromatic rings. The number of hydrogen-bond acceptors (Lipinski definition) is 5. The van der Waals surface area contributed by atoms with Crippen LogP contribution in [-0.4, -0.2) is 27.2 Å². The summed E-state index contributed by atoms with van der Waals surface area (Å²) in [5.41, 5.74) is 1.12. The zero-order valence-electron chi connectivity index (χ0n) is 8.91. The molecule has 17 heavy (non-hydrogen) atoms. The maximum atomic E-state index is 11.7. The molecule has 0 spiro atoms. The summed E-state index contributed by atoms with van der Waals surface area (Å²) in [6.07, 6.45) is 0. The second kappa shape index (κ2) is 5.51. The summed E-state index contributed by atoms with van der Waals surface area (Å²) >= 11 is 1.11. The van der Waals surface area contributed by atoms with E-state index in [2.05, 4.69) is 14.9 Å². The van der Waals surface area contributed by atoms with E-state index >= 15 is 0 Å². The molecule has 1 amide bonds. The lowest BCUT2D eigenvalue weighted by molar-refractivity contribution is 0.0911. The summed E-state index contributed by atoms with van der Waals surface area (Å²) in [6, 6.07) is 8.86. The molecule has 1 heterocycles. The van der Waals surface area contributed by atoms with Crippen LogP contribution in [-0.2, 0) is 0 Å². The molecule has 2 N–H and O–H groups in total. The molecule has 0 aliphatic carbocycles. The molecule has 1 aromatic carbocycles. The van der Waals surface area contributed by atoms with Gasteiger partial charge in [-0.05, 0) is 17.1 Å². The van der Waals surface area contributed by atoms with Crippen LogP contribution in [0.4, 0.5) is 0 Å². The average molecular weight is 249 g/mol. The molecule has 1 atom stereocenters. The molecule has 5 nitrogen and oxygen atoms in total. The zero-order chi connectivity index (χ0) is 12.1. The van der Waals surface area contributed by atoms with Crippen molar-refractivity contribution in [3.8, 4) is 0 Å². The Morgan fingerprint density at radius 2 is 2.18 bits per heavy atom. The Hall–Kier alpha value is -1.79. The Kier molecular flexibility index (Phi) is 3.79. The van der Waals surface area contributed by atoms with Gasteiger partial charge < -0.3 is 10.4 Å². The number of rotatable bonds is 4. The summed E-state index contributed by atoms with van der Waals surface area (Å²) in [7, 11) is 0. The van der Waals surface area contributed by atoms with Crippen molar-refractivity contribution in [2.75, 3.05) is 6.61 Å². The Bertz CT molecular complexity index is 473. The molecule has 0 saturated carbocycles. The number of carbonyl (C=O) groups excluding carboxylic acids is 1. The first-order valence-electron chi connectivity index (χ1n) is 5.05. The van der Waals surface area contributed by atoms with E-state index in [1.807, 2.05) is 30.3 Å². The predicted molar refractivity (Wildman–Crippen MR) is 63.6 cm³/mol. The molecule has 6 heteroatoms. The minimum absolute atomic E-state index is 0.159. The van der Waals surface area contributed by atoms with E-state index in [0.717, 1.165) is 17.1 Å². The van der Waals surface area contributed by atoms with Gasteiger partial charge in [0.1, 0.15) is 0 Å². The van der Waals surface area contributed by atoms with Crippen molar-refractivity contribution in [1.29, 1.82) is 0 Å². The topological polar surface area (TPSA) is 75.1 Å². The van der Waals surface area contributed by atoms with Crippen molar-refractivity contribution >= 4 is 17.4 Å². The smallest absolute Gasteiger partial charge is 0.273 e. The fourth-order valence-electron chi connectivity index (χ4n) is 1.42. The van der Waals surface area contributed by atoms with Crippen molar-refractivity contribution in [2.24, 2.45) is 0 Å². The first kappa shape index (κ1) is 11.7. The monoisotopic (exact) mass is 249 g/mol. The summed E-state index contributed by atoms with van der Waals surface area (Å²) in [4.78, 5) is 11.7. The quantitative estimate of drug-likeness (QED) is 0.847. The van der Waals surface area contributed by atoms with Gasteiger partial charge in [-0.15, -0.1) is 5.10 Å². The molecule has 2 rings (SSSR count). The Balaban J connectivity index is 2.09. The van der Waals surface area contributed by atoms with Gasteiger partial charge >= 0.3 is 0 Å². The lowest BCUT2D eigenvalue weighted by Gasteiger charge is -2.15. The van der Waals surface area contributed by atoms with E-state index in [-0.39, 0.29) is 18.2 Å². The van der Waals surface area contributed by atoms with Gasteiger partial charge in [-0.3, -0.25) is 4.79 Å². The van der Waals surface area contributed by atoms with Gasteiger partial charge in [-0.1, -0.05) is 34.8 Å². The predicted octanol–water partition coefficient (Wildman–Crippen LogP) is 1.00. The molecular weight excluding hydrogens is 238 g/mol. The highest BCUT2D eigenvalue weighted by molar-refractivity contribution is 7.03. The fraction of sp³-hybridized carbons (Fsp3) is 0.182. The third-order valence-electron chi connectivity index (χ3n) is 2.28. The zero-order valence-corrected chi connectivity index (χ0v) is 9.72. The minimum atomic E-state index is -0.426. The number of nitrogens with one attached hydrogen (secondary N) is 1. The maximum absolute atomic E-state index is 11.7. The Morgan fingerprint density at radius 1 is 1.41 bits per heavy atom. The van der Waals surface area contributed by atoms with E-state index in [9.17, 15) is 9.90 Å². The van der Waals surface area contributed by atoms with Crippen LogP contribution in [0, 0.1) is 0 Å². The van der Waals surface area contributed by atoms with Crippen LogP contribution in [0.1, 0.15) is 22.1 Å². The highest BCUT2D eigenvalue weighted by atomic mass is 32.1. The molecule has 88 valence electrons. The number of carbonyl (C=O) groups is 1. The van der Waals surface area contributed by atoms with Gasteiger partial charge in [-0.2, -0.15) is 0 Å². The molecule has 0 aliphatic rings. The summed E-state index contributed by atoms with van der Waals surface area (Å²) in [5, 5.41) is 17.2. The van der Waals surface area contributed by atoms with Gasteiger partial charge in [-0.25, -0.2) is 0 Å². The van der Waals surface area contributed by atoms with E-state index in [1.54, 1.807) is 5.38 Å². The van der Waals surface area contributed by atoms with Crippen LogP contribution < -0.4 is 5.32 Å². The minimum Gasteiger partial charge on any atom is -0.394 e. The van der Waals surface area contributed by atoms with Crippen molar-refractivity contribution in [1.82, 2.24) is 14.9 Å². The highest BCUT2D eigenvalue weighted by Crippen LogP contribution is 2.12. The molecular formula is C11H11N3O2S. The van der Waals surface area contributed by atoms with Gasteiger partial charge in [0.25, 0.3) is 5.91 Å². The van der Waals surface area contributed by atoms with Crippen molar-refractivity contribution in [3.05, 3.63) is 47.0 Å². The highest BCUT2D eigenvalue weighted by Gasteiger charge is 2.16. The number of aromatic nitrogens is 2. The summed E-state index contributed by atoms with van der Waals surface area (Å²) < 4.78 is 3.62. The van der Waals surface area contributed by atoms with Crippen molar-refractivity contribution in [2.45, 2.75) is 6.04 Å².